The number of piperidine rings is 1. The van der Waals surface area contributed by atoms with Crippen LogP contribution in [-0.4, -0.2) is 46.3 Å². The molecule has 2 rings (SSSR count). The number of amides is 2. The summed E-state index contributed by atoms with van der Waals surface area (Å²) in [6.45, 7) is 1.09. The van der Waals surface area contributed by atoms with Crippen LogP contribution in [-0.2, 0) is 11.2 Å². The van der Waals surface area contributed by atoms with Crippen molar-refractivity contribution in [3.63, 3.8) is 0 Å². The molecular formula is C14H18N2O4. The summed E-state index contributed by atoms with van der Waals surface area (Å²) >= 11 is 0. The van der Waals surface area contributed by atoms with E-state index in [-0.39, 0.29) is 18.6 Å². The van der Waals surface area contributed by atoms with Gasteiger partial charge in [-0.2, -0.15) is 0 Å². The Kier molecular flexibility index (Phi) is 4.57. The fourth-order valence-electron chi connectivity index (χ4n) is 2.15. The van der Waals surface area contributed by atoms with Crippen LogP contribution in [0.1, 0.15) is 18.4 Å². The number of hydrogen-bond acceptors (Lipinski definition) is 3. The topological polar surface area (TPSA) is 89.9 Å². The van der Waals surface area contributed by atoms with Crippen LogP contribution in [0.2, 0.25) is 0 Å². The maximum absolute atomic E-state index is 12.0. The van der Waals surface area contributed by atoms with Crippen molar-refractivity contribution in [2.24, 2.45) is 0 Å². The molecule has 0 radical (unpaired) electrons. The van der Waals surface area contributed by atoms with Crippen molar-refractivity contribution in [2.75, 3.05) is 18.4 Å². The number of anilines is 1. The smallest absolute Gasteiger partial charge is 0.321 e. The van der Waals surface area contributed by atoms with E-state index >= 15 is 0 Å². The van der Waals surface area contributed by atoms with E-state index in [1.165, 1.54) is 0 Å². The molecule has 0 atom stereocenters. The largest absolute Gasteiger partial charge is 0.481 e. The number of carbonyl (C=O) groups is 2. The van der Waals surface area contributed by atoms with E-state index in [9.17, 15) is 14.7 Å². The third-order valence-electron chi connectivity index (χ3n) is 3.31. The summed E-state index contributed by atoms with van der Waals surface area (Å²) in [5.41, 5.74) is 1.33. The lowest BCUT2D eigenvalue weighted by molar-refractivity contribution is -0.136. The van der Waals surface area contributed by atoms with E-state index in [0.717, 1.165) is 0 Å². The van der Waals surface area contributed by atoms with Crippen molar-refractivity contribution < 1.29 is 19.8 Å². The lowest BCUT2D eigenvalue weighted by atomic mass is 10.1. The summed E-state index contributed by atoms with van der Waals surface area (Å²) in [6.07, 6.45) is 0.864. The third-order valence-corrected chi connectivity index (χ3v) is 3.31. The normalized spacial score (nSPS) is 15.9. The summed E-state index contributed by atoms with van der Waals surface area (Å²) in [6, 6.07) is 6.56. The Labute approximate surface area is 117 Å². The molecule has 6 nitrogen and oxygen atoms in total. The summed E-state index contributed by atoms with van der Waals surface area (Å²) in [5.74, 6) is -0.881. The fraction of sp³-hybridized carbons (Fsp3) is 0.429. The molecule has 20 heavy (non-hydrogen) atoms. The zero-order valence-corrected chi connectivity index (χ0v) is 11.1. The molecule has 2 amide bonds. The number of rotatable bonds is 3. The van der Waals surface area contributed by atoms with Gasteiger partial charge in [-0.05, 0) is 30.5 Å². The Hall–Kier alpha value is -2.08. The molecule has 1 aliphatic rings. The van der Waals surface area contributed by atoms with Gasteiger partial charge < -0.3 is 20.4 Å². The van der Waals surface area contributed by atoms with Gasteiger partial charge in [-0.1, -0.05) is 12.1 Å². The van der Waals surface area contributed by atoms with Crippen LogP contribution in [0.25, 0.3) is 0 Å². The molecule has 1 fully saturated rings. The molecule has 0 spiro atoms. The Bertz CT molecular complexity index is 478. The third kappa shape index (κ3) is 3.96. The number of aliphatic hydroxyl groups is 1. The lowest BCUT2D eigenvalue weighted by Gasteiger charge is -2.29. The van der Waals surface area contributed by atoms with Crippen molar-refractivity contribution in [2.45, 2.75) is 25.4 Å². The highest BCUT2D eigenvalue weighted by Crippen LogP contribution is 2.14. The second-order valence-electron chi connectivity index (χ2n) is 4.92. The van der Waals surface area contributed by atoms with Gasteiger partial charge in [-0.3, -0.25) is 4.79 Å². The summed E-state index contributed by atoms with van der Waals surface area (Å²) in [5, 5.41) is 20.8. The Morgan fingerprint density at radius 1 is 1.20 bits per heavy atom. The maximum Gasteiger partial charge on any atom is 0.321 e. The second-order valence-corrected chi connectivity index (χ2v) is 4.92. The molecule has 0 unspecified atom stereocenters. The minimum atomic E-state index is -0.881. The van der Waals surface area contributed by atoms with Crippen molar-refractivity contribution in [3.05, 3.63) is 29.8 Å². The molecule has 1 saturated heterocycles. The van der Waals surface area contributed by atoms with E-state index in [4.69, 9.17) is 5.11 Å². The molecular weight excluding hydrogens is 260 g/mol. The number of nitrogens with one attached hydrogen (secondary N) is 1. The number of aliphatic hydroxyl groups excluding tert-OH is 1. The number of likely N-dealkylation sites (tertiary alicyclic amines) is 1. The van der Waals surface area contributed by atoms with Crippen LogP contribution >= 0.6 is 0 Å². The van der Waals surface area contributed by atoms with Gasteiger partial charge in [0.1, 0.15) is 0 Å². The minimum Gasteiger partial charge on any atom is -0.481 e. The number of carbonyl (C=O) groups excluding carboxylic acids is 1. The first-order chi connectivity index (χ1) is 9.54. The lowest BCUT2D eigenvalue weighted by Crippen LogP contribution is -2.42. The zero-order chi connectivity index (χ0) is 14.5. The first kappa shape index (κ1) is 14.3. The summed E-state index contributed by atoms with van der Waals surface area (Å²) < 4.78 is 0. The Balaban J connectivity index is 1.89. The van der Waals surface area contributed by atoms with Crippen molar-refractivity contribution >= 4 is 17.7 Å². The van der Waals surface area contributed by atoms with Gasteiger partial charge in [-0.15, -0.1) is 0 Å². The Morgan fingerprint density at radius 2 is 1.80 bits per heavy atom. The average Bonchev–Trinajstić information content (AvgIpc) is 2.41. The zero-order valence-electron chi connectivity index (χ0n) is 11.1. The summed E-state index contributed by atoms with van der Waals surface area (Å²) in [7, 11) is 0. The molecule has 6 heteroatoms. The number of benzene rings is 1. The molecule has 1 aliphatic heterocycles. The molecule has 3 N–H and O–H groups in total. The van der Waals surface area contributed by atoms with E-state index < -0.39 is 5.97 Å². The number of carboxylic acids is 1. The monoisotopic (exact) mass is 278 g/mol. The highest BCUT2D eigenvalue weighted by atomic mass is 16.4. The SMILES string of the molecule is O=C(O)Cc1ccc(NC(=O)N2CCC(O)CC2)cc1. The van der Waals surface area contributed by atoms with Gasteiger partial charge in [0.15, 0.2) is 0 Å². The number of aliphatic carboxylic acids is 1. The van der Waals surface area contributed by atoms with Gasteiger partial charge >= 0.3 is 12.0 Å². The molecule has 1 aromatic carbocycles. The van der Waals surface area contributed by atoms with Crippen LogP contribution in [0.5, 0.6) is 0 Å². The first-order valence-electron chi connectivity index (χ1n) is 6.59. The minimum absolute atomic E-state index is 0.0295. The van der Waals surface area contributed by atoms with E-state index in [1.807, 2.05) is 0 Å². The maximum atomic E-state index is 12.0. The summed E-state index contributed by atoms with van der Waals surface area (Å²) in [4.78, 5) is 24.2. The van der Waals surface area contributed by atoms with Crippen LogP contribution in [0.15, 0.2) is 24.3 Å². The average molecular weight is 278 g/mol. The van der Waals surface area contributed by atoms with Gasteiger partial charge in [0.05, 0.1) is 12.5 Å². The predicted octanol–water partition coefficient (Wildman–Crippen LogP) is 1.30. The van der Waals surface area contributed by atoms with Crippen LogP contribution in [0, 0.1) is 0 Å². The van der Waals surface area contributed by atoms with Crippen molar-refractivity contribution in [3.8, 4) is 0 Å². The highest BCUT2D eigenvalue weighted by Gasteiger charge is 2.21. The molecule has 0 bridgehead atoms. The quantitative estimate of drug-likeness (QED) is 0.777. The van der Waals surface area contributed by atoms with Crippen LogP contribution < -0.4 is 5.32 Å². The van der Waals surface area contributed by atoms with E-state index in [1.54, 1.807) is 29.2 Å². The van der Waals surface area contributed by atoms with Crippen molar-refractivity contribution in [1.82, 2.24) is 4.90 Å². The van der Waals surface area contributed by atoms with Crippen LogP contribution in [0.4, 0.5) is 10.5 Å². The van der Waals surface area contributed by atoms with Gasteiger partial charge in [0.25, 0.3) is 0 Å². The van der Waals surface area contributed by atoms with Gasteiger partial charge in [0.2, 0.25) is 0 Å². The van der Waals surface area contributed by atoms with Gasteiger partial charge in [-0.25, -0.2) is 4.79 Å². The molecule has 108 valence electrons. The molecule has 0 saturated carbocycles. The van der Waals surface area contributed by atoms with Crippen molar-refractivity contribution in [1.29, 1.82) is 0 Å². The fourth-order valence-corrected chi connectivity index (χ4v) is 2.15. The Morgan fingerprint density at radius 3 is 2.35 bits per heavy atom. The number of nitrogens with zero attached hydrogens (tertiary/aromatic N) is 1. The van der Waals surface area contributed by atoms with E-state index in [2.05, 4.69) is 5.32 Å². The van der Waals surface area contributed by atoms with Crippen LogP contribution in [0.3, 0.4) is 0 Å². The predicted molar refractivity (Wildman–Crippen MR) is 73.6 cm³/mol. The standard InChI is InChI=1S/C14H18N2O4/c17-12-5-7-16(8-6-12)14(20)15-11-3-1-10(2-4-11)9-13(18)19/h1-4,12,17H,5-9H2,(H,15,20)(H,18,19). The molecule has 1 heterocycles. The second kappa shape index (κ2) is 6.38. The van der Waals surface area contributed by atoms with Gasteiger partial charge in [0, 0.05) is 18.8 Å². The first-order valence-corrected chi connectivity index (χ1v) is 6.59. The number of urea groups is 1. The molecule has 1 aromatic rings. The molecule has 0 aromatic heterocycles. The molecule has 0 aliphatic carbocycles. The highest BCUT2D eigenvalue weighted by molar-refractivity contribution is 5.89. The number of hydrogen-bond donors (Lipinski definition) is 3. The van der Waals surface area contributed by atoms with E-state index in [0.29, 0.717) is 37.2 Å². The number of carboxylic acid groups (broad SMARTS) is 1.